The number of carbonyl (C=O) groups excluding carboxylic acids is 1. The van der Waals surface area contributed by atoms with Crippen molar-refractivity contribution in [2.75, 3.05) is 0 Å². The van der Waals surface area contributed by atoms with Crippen LogP contribution < -0.4 is 0 Å². The van der Waals surface area contributed by atoms with Crippen LogP contribution in [0.15, 0.2) is 35.4 Å². The molecule has 1 saturated carbocycles. The van der Waals surface area contributed by atoms with Crippen molar-refractivity contribution in [3.8, 4) is 0 Å². The summed E-state index contributed by atoms with van der Waals surface area (Å²) in [4.78, 5) is 12.3. The zero-order chi connectivity index (χ0) is 12.4. The zero-order valence-corrected chi connectivity index (χ0v) is 10.5. The summed E-state index contributed by atoms with van der Waals surface area (Å²) in [7, 11) is 0. The van der Waals surface area contributed by atoms with E-state index in [1.54, 1.807) is 5.01 Å². The highest BCUT2D eigenvalue weighted by Gasteiger charge is 2.35. The lowest BCUT2D eigenvalue weighted by Gasteiger charge is -2.14. The van der Waals surface area contributed by atoms with E-state index in [2.05, 4.69) is 5.10 Å². The molecule has 1 unspecified atom stereocenters. The Morgan fingerprint density at radius 1 is 1.17 bits per heavy atom. The third-order valence-electron chi connectivity index (χ3n) is 3.80. The van der Waals surface area contributed by atoms with Crippen LogP contribution in [0.5, 0.6) is 0 Å². The predicted octanol–water partition coefficient (Wildman–Crippen LogP) is 2.97. The minimum atomic E-state index is 0.0798. The molecule has 3 heteroatoms. The van der Waals surface area contributed by atoms with E-state index in [-0.39, 0.29) is 11.8 Å². The first kappa shape index (κ1) is 11.5. The van der Waals surface area contributed by atoms with Gasteiger partial charge in [-0.3, -0.25) is 4.79 Å². The van der Waals surface area contributed by atoms with Crippen molar-refractivity contribution >= 4 is 11.6 Å². The Balaban J connectivity index is 1.76. The van der Waals surface area contributed by atoms with Crippen molar-refractivity contribution in [3.63, 3.8) is 0 Å². The van der Waals surface area contributed by atoms with E-state index in [0.717, 1.165) is 30.5 Å². The van der Waals surface area contributed by atoms with E-state index in [0.29, 0.717) is 6.54 Å². The Morgan fingerprint density at radius 3 is 2.83 bits per heavy atom. The van der Waals surface area contributed by atoms with Crippen LogP contribution in [0.1, 0.15) is 37.7 Å². The molecule has 2 aliphatic rings. The van der Waals surface area contributed by atoms with Crippen molar-refractivity contribution in [2.24, 2.45) is 11.0 Å². The van der Waals surface area contributed by atoms with Gasteiger partial charge in [-0.1, -0.05) is 43.2 Å². The number of amides is 1. The lowest BCUT2D eigenvalue weighted by atomic mass is 9.98. The fraction of sp³-hybridized carbons (Fsp3) is 0.467. The molecule has 94 valence electrons. The van der Waals surface area contributed by atoms with Gasteiger partial charge in [-0.05, 0) is 24.8 Å². The minimum absolute atomic E-state index is 0.0798. The highest BCUT2D eigenvalue weighted by molar-refractivity contribution is 6.08. The molecule has 1 heterocycles. The average Bonchev–Trinajstić information content (AvgIpc) is 2.58. The lowest BCUT2D eigenvalue weighted by Crippen LogP contribution is -2.26. The van der Waals surface area contributed by atoms with E-state index < -0.39 is 0 Å². The lowest BCUT2D eigenvalue weighted by molar-refractivity contribution is -0.132. The molecule has 1 aromatic carbocycles. The van der Waals surface area contributed by atoms with Crippen LogP contribution in [0.25, 0.3) is 0 Å². The zero-order valence-electron chi connectivity index (χ0n) is 10.5. The summed E-state index contributed by atoms with van der Waals surface area (Å²) in [5, 5.41) is 6.21. The molecule has 0 aromatic heterocycles. The SMILES string of the molecule is O=C1C2CCCCCC2=NN1Cc1ccccc1. The summed E-state index contributed by atoms with van der Waals surface area (Å²) in [6, 6.07) is 10.1. The van der Waals surface area contributed by atoms with Crippen LogP contribution in [-0.4, -0.2) is 16.6 Å². The Kier molecular flexibility index (Phi) is 3.13. The molecule has 1 amide bonds. The fourth-order valence-electron chi connectivity index (χ4n) is 2.81. The van der Waals surface area contributed by atoms with Crippen molar-refractivity contribution in [2.45, 2.75) is 38.6 Å². The third-order valence-corrected chi connectivity index (χ3v) is 3.80. The number of hydrogen-bond acceptors (Lipinski definition) is 2. The third kappa shape index (κ3) is 2.17. The summed E-state index contributed by atoms with van der Waals surface area (Å²) in [6.45, 7) is 0.611. The first-order valence-electron chi connectivity index (χ1n) is 6.77. The predicted molar refractivity (Wildman–Crippen MR) is 71.0 cm³/mol. The van der Waals surface area contributed by atoms with E-state index in [1.165, 1.54) is 12.8 Å². The Labute approximate surface area is 107 Å². The van der Waals surface area contributed by atoms with E-state index in [1.807, 2.05) is 30.3 Å². The molecule has 0 N–H and O–H groups in total. The summed E-state index contributed by atoms with van der Waals surface area (Å²) >= 11 is 0. The molecule has 3 rings (SSSR count). The van der Waals surface area contributed by atoms with Crippen molar-refractivity contribution in [1.29, 1.82) is 0 Å². The number of hydrogen-bond donors (Lipinski definition) is 0. The number of rotatable bonds is 2. The number of hydrazone groups is 1. The quantitative estimate of drug-likeness (QED) is 0.784. The van der Waals surface area contributed by atoms with Gasteiger partial charge in [-0.25, -0.2) is 5.01 Å². The van der Waals surface area contributed by atoms with Crippen molar-refractivity contribution < 1.29 is 4.79 Å². The van der Waals surface area contributed by atoms with Gasteiger partial charge in [0.15, 0.2) is 0 Å². The maximum absolute atomic E-state index is 12.3. The highest BCUT2D eigenvalue weighted by atomic mass is 16.2. The summed E-state index contributed by atoms with van der Waals surface area (Å²) in [5.74, 6) is 0.284. The number of fused-ring (bicyclic) bond motifs is 1. The van der Waals surface area contributed by atoms with Crippen LogP contribution in [-0.2, 0) is 11.3 Å². The largest absolute Gasteiger partial charge is 0.272 e. The summed E-state index contributed by atoms with van der Waals surface area (Å²) in [5.41, 5.74) is 2.26. The van der Waals surface area contributed by atoms with Gasteiger partial charge in [0.05, 0.1) is 18.2 Å². The first-order chi connectivity index (χ1) is 8.84. The molecule has 1 fully saturated rings. The van der Waals surface area contributed by atoms with Crippen LogP contribution in [0, 0.1) is 5.92 Å². The molecule has 1 aliphatic heterocycles. The molecule has 1 atom stereocenters. The Bertz CT molecular complexity index is 467. The molecule has 3 nitrogen and oxygen atoms in total. The van der Waals surface area contributed by atoms with Gasteiger partial charge in [-0.2, -0.15) is 5.10 Å². The summed E-state index contributed by atoms with van der Waals surface area (Å²) in [6.07, 6.45) is 5.57. The maximum atomic E-state index is 12.3. The van der Waals surface area contributed by atoms with Crippen LogP contribution in [0.4, 0.5) is 0 Å². The monoisotopic (exact) mass is 242 g/mol. The van der Waals surface area contributed by atoms with E-state index in [9.17, 15) is 4.79 Å². The van der Waals surface area contributed by atoms with Gasteiger partial charge in [0.1, 0.15) is 0 Å². The number of nitrogens with zero attached hydrogens (tertiary/aromatic N) is 2. The summed E-state index contributed by atoms with van der Waals surface area (Å²) < 4.78 is 0. The molecule has 0 saturated heterocycles. The molecule has 0 radical (unpaired) electrons. The second kappa shape index (κ2) is 4.92. The minimum Gasteiger partial charge on any atom is -0.272 e. The number of carbonyl (C=O) groups is 1. The molecular weight excluding hydrogens is 224 g/mol. The number of benzene rings is 1. The Morgan fingerprint density at radius 2 is 2.00 bits per heavy atom. The van der Waals surface area contributed by atoms with E-state index >= 15 is 0 Å². The van der Waals surface area contributed by atoms with Crippen LogP contribution in [0.2, 0.25) is 0 Å². The van der Waals surface area contributed by atoms with Gasteiger partial charge in [0.25, 0.3) is 5.91 Å². The molecule has 0 bridgehead atoms. The molecule has 18 heavy (non-hydrogen) atoms. The van der Waals surface area contributed by atoms with E-state index in [4.69, 9.17) is 0 Å². The second-order valence-corrected chi connectivity index (χ2v) is 5.12. The molecule has 1 aliphatic carbocycles. The average molecular weight is 242 g/mol. The topological polar surface area (TPSA) is 32.7 Å². The van der Waals surface area contributed by atoms with Gasteiger partial charge >= 0.3 is 0 Å². The second-order valence-electron chi connectivity index (χ2n) is 5.12. The van der Waals surface area contributed by atoms with Crippen molar-refractivity contribution in [1.82, 2.24) is 5.01 Å². The molecule has 0 spiro atoms. The normalized spacial score (nSPS) is 23.6. The Hall–Kier alpha value is -1.64. The smallest absolute Gasteiger partial charge is 0.251 e. The van der Waals surface area contributed by atoms with Gasteiger partial charge in [-0.15, -0.1) is 0 Å². The standard InChI is InChI=1S/C15H18N2O/c18-15-13-9-5-2-6-10-14(13)16-17(15)11-12-7-3-1-4-8-12/h1,3-4,7-8,13H,2,5-6,9-11H2. The van der Waals surface area contributed by atoms with Gasteiger partial charge in [0, 0.05) is 0 Å². The molecular formula is C15H18N2O. The maximum Gasteiger partial charge on any atom is 0.251 e. The van der Waals surface area contributed by atoms with Crippen molar-refractivity contribution in [3.05, 3.63) is 35.9 Å². The highest BCUT2D eigenvalue weighted by Crippen LogP contribution is 2.28. The first-order valence-corrected chi connectivity index (χ1v) is 6.77. The van der Waals surface area contributed by atoms with Gasteiger partial charge < -0.3 is 0 Å². The molecule has 1 aromatic rings. The van der Waals surface area contributed by atoms with Gasteiger partial charge in [0.2, 0.25) is 0 Å². The fourth-order valence-corrected chi connectivity index (χ4v) is 2.81. The van der Waals surface area contributed by atoms with Crippen LogP contribution in [0.3, 0.4) is 0 Å². The van der Waals surface area contributed by atoms with Crippen LogP contribution >= 0.6 is 0 Å².